The van der Waals surface area contributed by atoms with E-state index in [4.69, 9.17) is 9.47 Å². The lowest BCUT2D eigenvalue weighted by Crippen LogP contribution is -2.13. The summed E-state index contributed by atoms with van der Waals surface area (Å²) in [5.41, 5.74) is 19.1. The summed E-state index contributed by atoms with van der Waals surface area (Å²) in [6.07, 6.45) is 0. The molecule has 82 heavy (non-hydrogen) atoms. The highest BCUT2D eigenvalue weighted by Gasteiger charge is 2.25. The molecule has 0 atom stereocenters. The molecule has 13 aromatic carbocycles. The average Bonchev–Trinajstić information content (AvgIpc) is 3.16. The second-order valence-electron chi connectivity index (χ2n) is 20.1. The lowest BCUT2D eigenvalue weighted by molar-refractivity contribution is 0.460. The zero-order valence-electron chi connectivity index (χ0n) is 45.0. The number of para-hydroxylation sites is 4. The standard InChI is InChI=1S/C78H56N2O2/c1-9-28-57(29-10-1)63-50-67(79(65-40-21-7-22-41-65)77-73(59-32-13-3-14-33-59)46-26-47-74(77)60-34-15-4-16-35-60)54-71(52-63)81-69-44-25-45-70(56-69)82-72-53-64(58-30-11-2-12-31-58)51-68(55-72)80(66-42-23-8-24-43-66)78-75(61-36-17-5-18-37-61)48-27-49-76(78)62-38-19-6-20-39-62/h1-56H. The van der Waals surface area contributed by atoms with Gasteiger partial charge in [-0.3, -0.25) is 0 Å². The maximum atomic E-state index is 7.08. The van der Waals surface area contributed by atoms with Crippen molar-refractivity contribution in [2.24, 2.45) is 0 Å². The first-order valence-corrected chi connectivity index (χ1v) is 27.7. The first kappa shape index (κ1) is 50.6. The summed E-state index contributed by atoms with van der Waals surface area (Å²) in [4.78, 5) is 4.75. The summed E-state index contributed by atoms with van der Waals surface area (Å²) >= 11 is 0. The van der Waals surface area contributed by atoms with E-state index in [9.17, 15) is 0 Å². The predicted octanol–water partition coefficient (Wildman–Crippen LogP) is 22.2. The predicted molar refractivity (Wildman–Crippen MR) is 341 cm³/mol. The van der Waals surface area contributed by atoms with Crippen LogP contribution in [-0.2, 0) is 0 Å². The zero-order chi connectivity index (χ0) is 54.9. The molecule has 13 aromatic rings. The Morgan fingerprint density at radius 3 is 0.744 bits per heavy atom. The van der Waals surface area contributed by atoms with E-state index >= 15 is 0 Å². The van der Waals surface area contributed by atoms with Crippen LogP contribution in [0, 0.1) is 0 Å². The van der Waals surface area contributed by atoms with Gasteiger partial charge in [-0.25, -0.2) is 0 Å². The van der Waals surface area contributed by atoms with E-state index in [0.29, 0.717) is 23.0 Å². The minimum absolute atomic E-state index is 0.629. The van der Waals surface area contributed by atoms with Crippen LogP contribution in [0.5, 0.6) is 23.0 Å². The van der Waals surface area contributed by atoms with E-state index in [-0.39, 0.29) is 0 Å². The van der Waals surface area contributed by atoms with Crippen LogP contribution in [0.4, 0.5) is 34.1 Å². The van der Waals surface area contributed by atoms with Gasteiger partial charge in [0.2, 0.25) is 0 Å². The second-order valence-corrected chi connectivity index (χ2v) is 20.1. The Morgan fingerprint density at radius 1 is 0.171 bits per heavy atom. The van der Waals surface area contributed by atoms with Crippen molar-refractivity contribution < 1.29 is 9.47 Å². The molecule has 0 saturated carbocycles. The number of rotatable bonds is 16. The van der Waals surface area contributed by atoms with Gasteiger partial charge in [-0.2, -0.15) is 0 Å². The van der Waals surface area contributed by atoms with Crippen LogP contribution in [0.25, 0.3) is 66.8 Å². The van der Waals surface area contributed by atoms with Gasteiger partial charge in [-0.05, 0) is 105 Å². The molecule has 0 aliphatic rings. The van der Waals surface area contributed by atoms with Crippen LogP contribution >= 0.6 is 0 Å². The normalized spacial score (nSPS) is 10.9. The Kier molecular flexibility index (Phi) is 14.5. The molecule has 0 aliphatic heterocycles. The molecular formula is C78H56N2O2. The third-order valence-corrected chi connectivity index (χ3v) is 14.7. The summed E-state index contributed by atoms with van der Waals surface area (Å²) < 4.78 is 14.2. The van der Waals surface area contributed by atoms with E-state index in [0.717, 1.165) is 101 Å². The Morgan fingerprint density at radius 2 is 0.439 bits per heavy atom. The summed E-state index contributed by atoms with van der Waals surface area (Å²) in [6, 6.07) is 119. The van der Waals surface area contributed by atoms with E-state index in [1.54, 1.807) is 0 Å². The number of nitrogens with zero attached hydrogens (tertiary/aromatic N) is 2. The Labute approximate surface area is 480 Å². The fourth-order valence-electron chi connectivity index (χ4n) is 11.0. The summed E-state index contributed by atoms with van der Waals surface area (Å²) in [5.74, 6) is 2.60. The van der Waals surface area contributed by atoms with Crippen molar-refractivity contribution in [3.63, 3.8) is 0 Å². The zero-order valence-corrected chi connectivity index (χ0v) is 45.0. The molecule has 0 amide bonds. The molecule has 390 valence electrons. The minimum atomic E-state index is 0.629. The van der Waals surface area contributed by atoms with Crippen LogP contribution in [0.2, 0.25) is 0 Å². The van der Waals surface area contributed by atoms with Gasteiger partial charge in [0, 0.05) is 51.8 Å². The molecule has 0 aliphatic carbocycles. The summed E-state index contributed by atoms with van der Waals surface area (Å²) in [7, 11) is 0. The highest BCUT2D eigenvalue weighted by Crippen LogP contribution is 2.51. The first-order valence-electron chi connectivity index (χ1n) is 27.7. The van der Waals surface area contributed by atoms with E-state index in [2.05, 4.69) is 325 Å². The van der Waals surface area contributed by atoms with Crippen molar-refractivity contribution in [1.29, 1.82) is 0 Å². The van der Waals surface area contributed by atoms with Crippen LogP contribution in [0.1, 0.15) is 0 Å². The van der Waals surface area contributed by atoms with Gasteiger partial charge in [-0.1, -0.05) is 261 Å². The molecule has 0 saturated heterocycles. The fourth-order valence-corrected chi connectivity index (χ4v) is 11.0. The number of hydrogen-bond acceptors (Lipinski definition) is 4. The van der Waals surface area contributed by atoms with Crippen LogP contribution in [-0.4, -0.2) is 0 Å². The van der Waals surface area contributed by atoms with E-state index in [1.807, 2.05) is 24.3 Å². The third kappa shape index (κ3) is 10.9. The van der Waals surface area contributed by atoms with E-state index < -0.39 is 0 Å². The third-order valence-electron chi connectivity index (χ3n) is 14.7. The number of anilines is 6. The topological polar surface area (TPSA) is 24.9 Å². The molecule has 4 heteroatoms. The Bertz CT molecular complexity index is 3850. The van der Waals surface area contributed by atoms with Crippen molar-refractivity contribution in [1.82, 2.24) is 0 Å². The molecular weight excluding hydrogens is 997 g/mol. The molecule has 0 aromatic heterocycles. The van der Waals surface area contributed by atoms with Crippen molar-refractivity contribution in [3.8, 4) is 89.8 Å². The Hall–Kier alpha value is -10.9. The molecule has 0 fully saturated rings. The SMILES string of the molecule is c1ccc(-c2cc(Oc3cccc(Oc4cc(-c5ccccc5)cc(N(c5ccccc5)c5c(-c6ccccc6)cccc5-c5ccccc5)c4)c3)cc(N(c3ccccc3)c3c(-c4ccccc4)cccc3-c3ccccc3)c2)cc1. The molecule has 0 N–H and O–H groups in total. The quantitative estimate of drug-likeness (QED) is 0.0963. The molecule has 0 spiro atoms. The van der Waals surface area contributed by atoms with Crippen molar-refractivity contribution >= 4 is 34.1 Å². The fraction of sp³-hybridized carbons (Fsp3) is 0. The summed E-state index contributed by atoms with van der Waals surface area (Å²) in [5, 5.41) is 0. The lowest BCUT2D eigenvalue weighted by Gasteiger charge is -2.31. The molecule has 0 heterocycles. The van der Waals surface area contributed by atoms with Gasteiger partial charge in [-0.15, -0.1) is 0 Å². The molecule has 0 unspecified atom stereocenters. The maximum absolute atomic E-state index is 7.08. The highest BCUT2D eigenvalue weighted by atomic mass is 16.5. The second kappa shape index (κ2) is 23.6. The van der Waals surface area contributed by atoms with Crippen molar-refractivity contribution in [2.75, 3.05) is 9.80 Å². The first-order chi connectivity index (χ1) is 40.7. The molecule has 0 bridgehead atoms. The Balaban J connectivity index is 0.935. The minimum Gasteiger partial charge on any atom is -0.457 e. The number of hydrogen-bond donors (Lipinski definition) is 0. The van der Waals surface area contributed by atoms with Gasteiger partial charge in [0.25, 0.3) is 0 Å². The lowest BCUT2D eigenvalue weighted by atomic mass is 9.94. The van der Waals surface area contributed by atoms with Crippen LogP contribution in [0.15, 0.2) is 340 Å². The highest BCUT2D eigenvalue weighted by molar-refractivity contribution is 6.00. The molecule has 4 nitrogen and oxygen atoms in total. The van der Waals surface area contributed by atoms with Gasteiger partial charge in [0.15, 0.2) is 0 Å². The van der Waals surface area contributed by atoms with Crippen LogP contribution < -0.4 is 19.3 Å². The average molecular weight is 1050 g/mol. The van der Waals surface area contributed by atoms with Crippen molar-refractivity contribution in [2.45, 2.75) is 0 Å². The summed E-state index contributed by atoms with van der Waals surface area (Å²) in [6.45, 7) is 0. The van der Waals surface area contributed by atoms with Crippen LogP contribution in [0.3, 0.4) is 0 Å². The van der Waals surface area contributed by atoms with Gasteiger partial charge in [0.05, 0.1) is 22.7 Å². The van der Waals surface area contributed by atoms with E-state index in [1.165, 1.54) is 0 Å². The van der Waals surface area contributed by atoms with Gasteiger partial charge in [0.1, 0.15) is 23.0 Å². The smallest absolute Gasteiger partial charge is 0.131 e. The molecule has 13 rings (SSSR count). The number of ether oxygens (including phenoxy) is 2. The largest absolute Gasteiger partial charge is 0.457 e. The van der Waals surface area contributed by atoms with Crippen molar-refractivity contribution in [3.05, 3.63) is 340 Å². The maximum Gasteiger partial charge on any atom is 0.131 e. The number of benzene rings is 13. The van der Waals surface area contributed by atoms with Gasteiger partial charge < -0.3 is 19.3 Å². The monoisotopic (exact) mass is 1050 g/mol. The molecule has 0 radical (unpaired) electrons. The van der Waals surface area contributed by atoms with Gasteiger partial charge >= 0.3 is 0 Å².